The number of carboxylic acid groups (broad SMARTS) is 3. The molecule has 1 aromatic rings. The third-order valence-corrected chi connectivity index (χ3v) is 4.26. The van der Waals surface area contributed by atoms with Gasteiger partial charge in [-0.1, -0.05) is 0 Å². The lowest BCUT2D eigenvalue weighted by molar-refractivity contribution is -0.139. The van der Waals surface area contributed by atoms with Gasteiger partial charge >= 0.3 is 17.9 Å². The number of imidazole rings is 1. The van der Waals surface area contributed by atoms with Crippen molar-refractivity contribution in [3.8, 4) is 0 Å². The zero-order valence-electron chi connectivity index (χ0n) is 15.7. The van der Waals surface area contributed by atoms with E-state index in [0.717, 1.165) is 30.8 Å². The predicted octanol–water partition coefficient (Wildman–Crippen LogP) is -0.661. The molecule has 0 aromatic carbocycles. The number of rotatable bonds is 8. The first-order valence-electron chi connectivity index (χ1n) is 8.58. The van der Waals surface area contributed by atoms with E-state index in [1.54, 1.807) is 18.0 Å². The molecule has 160 valence electrons. The van der Waals surface area contributed by atoms with Gasteiger partial charge in [-0.3, -0.25) is 14.4 Å². The summed E-state index contributed by atoms with van der Waals surface area (Å²) < 4.78 is 0. The Labute approximate surface area is 167 Å². The van der Waals surface area contributed by atoms with Crippen molar-refractivity contribution < 1.29 is 29.7 Å². The van der Waals surface area contributed by atoms with Crippen LogP contribution in [0.25, 0.3) is 0 Å². The number of carboxylic acids is 3. The van der Waals surface area contributed by atoms with Crippen molar-refractivity contribution in [2.24, 2.45) is 11.5 Å². The quantitative estimate of drug-likeness (QED) is 0.281. The Morgan fingerprint density at radius 2 is 1.89 bits per heavy atom. The van der Waals surface area contributed by atoms with Crippen LogP contribution >= 0.6 is 11.8 Å². The fraction of sp³-hybridized carbons (Fsp3) is 0.625. The van der Waals surface area contributed by atoms with Gasteiger partial charge in [-0.05, 0) is 37.8 Å². The van der Waals surface area contributed by atoms with Crippen molar-refractivity contribution in [2.45, 2.75) is 43.8 Å². The maximum atomic E-state index is 10.3. The van der Waals surface area contributed by atoms with Crippen LogP contribution in [0.1, 0.15) is 25.0 Å². The Balaban J connectivity index is 0.000000396. The number of nitrogens with one attached hydrogen (secondary N) is 2. The van der Waals surface area contributed by atoms with Gasteiger partial charge in [0.15, 0.2) is 0 Å². The van der Waals surface area contributed by atoms with Crippen molar-refractivity contribution in [3.63, 3.8) is 0 Å². The molecule has 0 amide bonds. The minimum atomic E-state index is -1.00. The summed E-state index contributed by atoms with van der Waals surface area (Å²) >= 11 is 1.60. The van der Waals surface area contributed by atoms with Crippen molar-refractivity contribution in [1.82, 2.24) is 15.3 Å². The molecular formula is C16H29N5O6S. The summed E-state index contributed by atoms with van der Waals surface area (Å²) in [4.78, 5) is 37.0. The molecule has 1 aliphatic heterocycles. The topological polar surface area (TPSA) is 205 Å². The standard InChI is InChI=1S/C6H9N3O2.C5H11NO2S.C5H9NO2/c7-5(6(10)11)1-4-2-8-3-9-4;1-9-3-2-4(6)5(7)8;7-5(8)4-2-1-3-6-4/h2-3,5H,1,7H2,(H,8,9)(H,10,11);4H,2-3,6H2,1H3,(H,7,8);4,6H,1-3H2,(H,7,8)/t5-;2*4-/m000/s1. The zero-order valence-corrected chi connectivity index (χ0v) is 16.5. The molecule has 0 spiro atoms. The molecule has 9 N–H and O–H groups in total. The molecule has 1 aliphatic rings. The monoisotopic (exact) mass is 419 g/mol. The first-order valence-corrected chi connectivity index (χ1v) is 9.97. The molecular weight excluding hydrogens is 390 g/mol. The number of aromatic nitrogens is 2. The highest BCUT2D eigenvalue weighted by Crippen LogP contribution is 2.03. The summed E-state index contributed by atoms with van der Waals surface area (Å²) in [6, 6.07) is -1.80. The molecule has 11 nitrogen and oxygen atoms in total. The molecule has 3 atom stereocenters. The van der Waals surface area contributed by atoms with Gasteiger partial charge in [-0.15, -0.1) is 0 Å². The smallest absolute Gasteiger partial charge is 0.320 e. The lowest BCUT2D eigenvalue weighted by atomic mass is 10.2. The first kappa shape index (κ1) is 25.9. The average molecular weight is 420 g/mol. The van der Waals surface area contributed by atoms with Crippen molar-refractivity contribution in [3.05, 3.63) is 18.2 Å². The van der Waals surface area contributed by atoms with Crippen LogP contribution in [0.2, 0.25) is 0 Å². The van der Waals surface area contributed by atoms with E-state index < -0.39 is 30.0 Å². The van der Waals surface area contributed by atoms with Crippen LogP contribution in [-0.4, -0.2) is 79.9 Å². The zero-order chi connectivity index (χ0) is 21.5. The second-order valence-electron chi connectivity index (χ2n) is 5.94. The van der Waals surface area contributed by atoms with Crippen LogP contribution in [0.15, 0.2) is 12.5 Å². The number of aliphatic carboxylic acids is 3. The normalized spacial score (nSPS) is 17.3. The maximum absolute atomic E-state index is 10.3. The highest BCUT2D eigenvalue weighted by molar-refractivity contribution is 7.98. The second-order valence-corrected chi connectivity index (χ2v) is 6.92. The van der Waals surface area contributed by atoms with Crippen LogP contribution in [0.5, 0.6) is 0 Å². The molecule has 0 bridgehead atoms. The van der Waals surface area contributed by atoms with E-state index in [2.05, 4.69) is 15.3 Å². The minimum Gasteiger partial charge on any atom is -0.480 e. The summed E-state index contributed by atoms with van der Waals surface area (Å²) in [5.41, 5.74) is 11.2. The van der Waals surface area contributed by atoms with E-state index in [9.17, 15) is 14.4 Å². The van der Waals surface area contributed by atoms with Crippen molar-refractivity contribution in [2.75, 3.05) is 18.6 Å². The summed E-state index contributed by atoms with van der Waals surface area (Å²) in [5.74, 6) is -1.82. The second kappa shape index (κ2) is 14.9. The van der Waals surface area contributed by atoms with Gasteiger partial charge in [0.05, 0.1) is 6.33 Å². The number of thioether (sulfide) groups is 1. The van der Waals surface area contributed by atoms with Crippen molar-refractivity contribution in [1.29, 1.82) is 0 Å². The maximum Gasteiger partial charge on any atom is 0.320 e. The largest absolute Gasteiger partial charge is 0.480 e. The molecule has 2 heterocycles. The lowest BCUT2D eigenvalue weighted by Gasteiger charge is -2.02. The Bertz CT molecular complexity index is 580. The Morgan fingerprint density at radius 3 is 2.25 bits per heavy atom. The number of nitrogens with zero attached hydrogens (tertiary/aromatic N) is 1. The van der Waals surface area contributed by atoms with Gasteiger partial charge in [-0.25, -0.2) is 4.98 Å². The molecule has 1 aromatic heterocycles. The molecule has 0 saturated carbocycles. The summed E-state index contributed by atoms with van der Waals surface area (Å²) in [7, 11) is 0. The highest BCUT2D eigenvalue weighted by Gasteiger charge is 2.20. The first-order chi connectivity index (χ1) is 13.2. The molecule has 1 fully saturated rings. The molecule has 12 heteroatoms. The van der Waals surface area contributed by atoms with E-state index in [1.165, 1.54) is 6.33 Å². The fourth-order valence-corrected chi connectivity index (χ4v) is 2.47. The molecule has 0 aliphatic carbocycles. The van der Waals surface area contributed by atoms with Crippen LogP contribution in [-0.2, 0) is 20.8 Å². The third-order valence-electron chi connectivity index (χ3n) is 3.62. The number of nitrogens with two attached hydrogens (primary N) is 2. The van der Waals surface area contributed by atoms with Crippen molar-refractivity contribution >= 4 is 29.7 Å². The minimum absolute atomic E-state index is 0.269. The Hall–Kier alpha value is -2.15. The number of hydrogen-bond acceptors (Lipinski definition) is 8. The lowest BCUT2D eigenvalue weighted by Crippen LogP contribution is -2.32. The van der Waals surface area contributed by atoms with E-state index in [4.69, 9.17) is 26.8 Å². The third kappa shape index (κ3) is 12.3. The average Bonchev–Trinajstić information content (AvgIpc) is 3.34. The molecule has 0 radical (unpaired) electrons. The van der Waals surface area contributed by atoms with Gasteiger partial charge in [0.1, 0.15) is 18.1 Å². The van der Waals surface area contributed by atoms with Gasteiger partial charge in [0.2, 0.25) is 0 Å². The van der Waals surface area contributed by atoms with E-state index >= 15 is 0 Å². The van der Waals surface area contributed by atoms with Gasteiger partial charge < -0.3 is 37.1 Å². The van der Waals surface area contributed by atoms with Crippen LogP contribution in [0.3, 0.4) is 0 Å². The van der Waals surface area contributed by atoms with E-state index in [-0.39, 0.29) is 12.5 Å². The van der Waals surface area contributed by atoms with E-state index in [1.807, 2.05) is 6.26 Å². The summed E-state index contributed by atoms with van der Waals surface area (Å²) in [6.07, 6.45) is 7.60. The Kier molecular flexibility index (Phi) is 13.7. The van der Waals surface area contributed by atoms with Gasteiger partial charge in [0.25, 0.3) is 0 Å². The molecule has 2 rings (SSSR count). The highest BCUT2D eigenvalue weighted by atomic mass is 32.2. The van der Waals surface area contributed by atoms with Gasteiger partial charge in [0, 0.05) is 18.3 Å². The molecule has 28 heavy (non-hydrogen) atoms. The van der Waals surface area contributed by atoms with E-state index in [0.29, 0.717) is 6.42 Å². The fourth-order valence-electron chi connectivity index (χ4n) is 1.98. The Morgan fingerprint density at radius 1 is 1.25 bits per heavy atom. The van der Waals surface area contributed by atoms with Crippen LogP contribution < -0.4 is 16.8 Å². The number of aromatic amines is 1. The number of hydrogen-bond donors (Lipinski definition) is 7. The van der Waals surface area contributed by atoms with Gasteiger partial charge in [-0.2, -0.15) is 11.8 Å². The predicted molar refractivity (Wildman–Crippen MR) is 105 cm³/mol. The summed E-state index contributed by atoms with van der Waals surface area (Å²) in [5, 5.41) is 27.9. The molecule has 0 unspecified atom stereocenters. The van der Waals surface area contributed by atoms with Crippen LogP contribution in [0.4, 0.5) is 0 Å². The van der Waals surface area contributed by atoms with Crippen LogP contribution in [0, 0.1) is 0 Å². The number of H-pyrrole nitrogens is 1. The summed E-state index contributed by atoms with van der Waals surface area (Å²) in [6.45, 7) is 0.858. The molecule has 1 saturated heterocycles. The SMILES string of the molecule is CSCC[C@H](N)C(=O)O.N[C@@H](Cc1cnc[nH]1)C(=O)O.O=C(O)[C@@H]1CCCN1. The number of carbonyl (C=O) groups is 3.